The zero-order chi connectivity index (χ0) is 47.3. The Hall–Kier alpha value is -8.31. The fourth-order valence-electron chi connectivity index (χ4n) is 14.8. The molecule has 10 aromatic rings. The van der Waals surface area contributed by atoms with Gasteiger partial charge in [0.25, 0.3) is 0 Å². The van der Waals surface area contributed by atoms with Gasteiger partial charge in [0.1, 0.15) is 46.0 Å². The highest BCUT2D eigenvalue weighted by Crippen LogP contribution is 2.61. The molecule has 2 atom stereocenters. The summed E-state index contributed by atoms with van der Waals surface area (Å²) in [5, 5.41) is 9.94. The maximum Gasteiger partial charge on any atom is 0.157 e. The van der Waals surface area contributed by atoms with Crippen molar-refractivity contribution in [3.8, 4) is 68.2 Å². The lowest BCUT2D eigenvalue weighted by Gasteiger charge is -2.47. The third-order valence-corrected chi connectivity index (χ3v) is 24.5. The Morgan fingerprint density at radius 2 is 0.736 bits per heavy atom. The Labute approximate surface area is 419 Å². The number of benzene rings is 10. The summed E-state index contributed by atoms with van der Waals surface area (Å²) in [6.45, 7) is 9.49. The second-order valence-corrected chi connectivity index (χ2v) is 27.0. The molecule has 0 saturated carbocycles. The maximum atomic E-state index is 7.40. The smallest absolute Gasteiger partial charge is 0.157 e. The molecule has 6 aliphatic heterocycles. The van der Waals surface area contributed by atoms with Crippen molar-refractivity contribution in [3.63, 3.8) is 0 Å². The van der Waals surface area contributed by atoms with Crippen LogP contribution in [0.3, 0.4) is 0 Å². The van der Waals surface area contributed by atoms with Crippen LogP contribution in [-0.2, 0) is 10.8 Å². The third-order valence-electron chi connectivity index (χ3n) is 17.6. The van der Waals surface area contributed by atoms with Crippen molar-refractivity contribution in [2.45, 2.75) is 38.5 Å². The third kappa shape index (κ3) is 4.31. The van der Waals surface area contributed by atoms with Crippen LogP contribution in [0.25, 0.3) is 33.0 Å². The molecule has 0 fully saturated rings. The molecule has 340 valence electrons. The first kappa shape index (κ1) is 38.4. The molecular formula is C64H42N2O4Si2. The minimum absolute atomic E-state index is 0.271. The highest BCUT2D eigenvalue weighted by molar-refractivity contribution is 7.02. The molecule has 2 aliphatic carbocycles. The van der Waals surface area contributed by atoms with Gasteiger partial charge in [0.15, 0.2) is 17.6 Å². The van der Waals surface area contributed by atoms with E-state index in [1.165, 1.54) is 87.0 Å². The average Bonchev–Trinajstić information content (AvgIpc) is 3.78. The first-order valence-corrected chi connectivity index (χ1v) is 28.7. The number of fused-ring (bicyclic) bond motifs is 11. The summed E-state index contributed by atoms with van der Waals surface area (Å²) in [6, 6.07) is 62.6. The van der Waals surface area contributed by atoms with Crippen LogP contribution in [0.15, 0.2) is 170 Å². The number of rotatable bonds is 2. The molecule has 8 aliphatic rings. The van der Waals surface area contributed by atoms with Crippen LogP contribution in [0.1, 0.15) is 49.9 Å². The van der Waals surface area contributed by atoms with E-state index in [0.717, 1.165) is 79.5 Å². The zero-order valence-electron chi connectivity index (χ0n) is 39.8. The van der Waals surface area contributed by atoms with Gasteiger partial charge >= 0.3 is 0 Å². The van der Waals surface area contributed by atoms with E-state index in [2.05, 4.69) is 207 Å². The molecule has 6 heterocycles. The first-order valence-electron chi connectivity index (χ1n) is 25.2. The summed E-state index contributed by atoms with van der Waals surface area (Å²) in [5.41, 5.74) is 16.5. The summed E-state index contributed by atoms with van der Waals surface area (Å²) in [7, 11) is -4.65. The van der Waals surface area contributed by atoms with Crippen LogP contribution in [0, 0.1) is 0 Å². The number of para-hydroxylation sites is 2. The predicted octanol–water partition coefficient (Wildman–Crippen LogP) is 11.9. The Bertz CT molecular complexity index is 3990. The quantitative estimate of drug-likeness (QED) is 0.161. The highest BCUT2D eigenvalue weighted by atomic mass is 28.3. The van der Waals surface area contributed by atoms with Crippen molar-refractivity contribution in [1.29, 1.82) is 0 Å². The van der Waals surface area contributed by atoms with Gasteiger partial charge in [-0.1, -0.05) is 125 Å². The first-order chi connectivity index (χ1) is 35.3. The summed E-state index contributed by atoms with van der Waals surface area (Å²) in [4.78, 5) is 5.10. The summed E-state index contributed by atoms with van der Waals surface area (Å²) in [6.07, 6.45) is 0. The van der Waals surface area contributed by atoms with Gasteiger partial charge < -0.3 is 28.7 Å². The molecule has 0 N–H and O–H groups in total. The van der Waals surface area contributed by atoms with Gasteiger partial charge in [-0.05, 0) is 106 Å². The summed E-state index contributed by atoms with van der Waals surface area (Å²) in [5.74, 6) is 7.50. The summed E-state index contributed by atoms with van der Waals surface area (Å²) >= 11 is 0. The van der Waals surface area contributed by atoms with E-state index >= 15 is 0 Å². The van der Waals surface area contributed by atoms with Crippen LogP contribution in [0.2, 0.25) is 0 Å². The molecule has 0 amide bonds. The van der Waals surface area contributed by atoms with Gasteiger partial charge in [-0.25, -0.2) is 0 Å². The van der Waals surface area contributed by atoms with Crippen LogP contribution < -0.4 is 59.9 Å². The number of anilines is 6. The molecule has 72 heavy (non-hydrogen) atoms. The van der Waals surface area contributed by atoms with Crippen molar-refractivity contribution >= 4 is 93.6 Å². The standard InChI is InChI=1S/C64H42N2O4Si2/c1-63(2)41-23-13-11-21-35(41)37-29-43-57-55(51(37)63)69-47-27-15-25-45-59(47)71(57)61-49(67-45)31-40-39(53(61)65(43)33-17-7-5-8-18-33)32-50-62-54(40)66(34-19-9-6-10-20-34)44-30-38-36-22-12-14-24-42(36)64(3,4)52(38)56-58(44)72(62)60-46(68-50)26-16-28-48(60)70-56/h5-32,71-72H,1-4H3. The van der Waals surface area contributed by atoms with Crippen LogP contribution in [-0.4, -0.2) is 17.6 Å². The number of ether oxygens (including phenoxy) is 4. The van der Waals surface area contributed by atoms with Gasteiger partial charge in [-0.15, -0.1) is 0 Å². The van der Waals surface area contributed by atoms with E-state index in [9.17, 15) is 0 Å². The average molecular weight is 959 g/mol. The number of hydrogen-bond acceptors (Lipinski definition) is 6. The topological polar surface area (TPSA) is 43.4 Å². The minimum Gasteiger partial charge on any atom is -0.457 e. The van der Waals surface area contributed by atoms with E-state index in [4.69, 9.17) is 18.9 Å². The van der Waals surface area contributed by atoms with Crippen molar-refractivity contribution in [3.05, 3.63) is 192 Å². The van der Waals surface area contributed by atoms with Gasteiger partial charge in [-0.3, -0.25) is 0 Å². The molecular weight excluding hydrogens is 917 g/mol. The second-order valence-electron chi connectivity index (χ2n) is 21.8. The SMILES string of the molecule is CC1(C)c2ccccc2-c2cc3c4c(c21)Oc1cccc2c1[SiH]4c1c(cc4c5c6c(cc4c1N3c1ccccc1)Oc1cccc3c1[SiH]6c1c(cc4c(c1O3)C(C)(C)c1ccccc1-4)N5c1ccccc1)O2. The largest absolute Gasteiger partial charge is 0.457 e. The maximum absolute atomic E-state index is 7.40. The van der Waals surface area contributed by atoms with E-state index in [0.29, 0.717) is 0 Å². The monoisotopic (exact) mass is 958 g/mol. The molecule has 18 rings (SSSR count). The molecule has 2 unspecified atom stereocenters. The lowest BCUT2D eigenvalue weighted by molar-refractivity contribution is 0.454. The van der Waals surface area contributed by atoms with E-state index < -0.39 is 17.6 Å². The number of nitrogens with zero attached hydrogens (tertiary/aromatic N) is 2. The Kier molecular flexibility index (Phi) is 6.72. The van der Waals surface area contributed by atoms with Crippen LogP contribution >= 0.6 is 0 Å². The van der Waals surface area contributed by atoms with E-state index in [1.54, 1.807) is 0 Å². The molecule has 0 saturated heterocycles. The van der Waals surface area contributed by atoms with E-state index in [-0.39, 0.29) is 10.8 Å². The Morgan fingerprint density at radius 1 is 0.347 bits per heavy atom. The predicted molar refractivity (Wildman–Crippen MR) is 294 cm³/mol. The fourth-order valence-corrected chi connectivity index (χ4v) is 22.3. The van der Waals surface area contributed by atoms with Crippen molar-refractivity contribution in [2.75, 3.05) is 9.80 Å². The zero-order valence-corrected chi connectivity index (χ0v) is 42.2. The van der Waals surface area contributed by atoms with Crippen LogP contribution in [0.4, 0.5) is 34.1 Å². The minimum atomic E-state index is -2.33. The normalized spacial score (nSPS) is 18.3. The van der Waals surface area contributed by atoms with Gasteiger partial charge in [0.05, 0.1) is 22.7 Å². The van der Waals surface area contributed by atoms with Crippen molar-refractivity contribution in [1.82, 2.24) is 0 Å². The molecule has 6 nitrogen and oxygen atoms in total. The van der Waals surface area contributed by atoms with Crippen LogP contribution in [0.5, 0.6) is 46.0 Å². The molecule has 0 spiro atoms. The van der Waals surface area contributed by atoms with Crippen molar-refractivity contribution < 1.29 is 18.9 Å². The molecule has 8 heteroatoms. The summed E-state index contributed by atoms with van der Waals surface area (Å²) < 4.78 is 29.5. The highest BCUT2D eigenvalue weighted by Gasteiger charge is 2.54. The molecule has 0 radical (unpaired) electrons. The Balaban J connectivity index is 1.01. The van der Waals surface area contributed by atoms with Gasteiger partial charge in [0.2, 0.25) is 0 Å². The Morgan fingerprint density at radius 3 is 1.17 bits per heavy atom. The number of hydrogen-bond donors (Lipinski definition) is 0. The van der Waals surface area contributed by atoms with E-state index in [1.807, 2.05) is 0 Å². The molecule has 10 aromatic carbocycles. The van der Waals surface area contributed by atoms with Gasteiger partial charge in [-0.2, -0.15) is 0 Å². The second kappa shape index (κ2) is 12.6. The van der Waals surface area contributed by atoms with Gasteiger partial charge in [0, 0.05) is 75.2 Å². The van der Waals surface area contributed by atoms with Crippen molar-refractivity contribution in [2.24, 2.45) is 0 Å². The lowest BCUT2D eigenvalue weighted by Crippen LogP contribution is -2.62. The molecule has 0 bridgehead atoms. The molecule has 0 aromatic heterocycles. The fraction of sp³-hybridized carbons (Fsp3) is 0.0938. The lowest BCUT2D eigenvalue weighted by atomic mass is 9.81.